The van der Waals surface area contributed by atoms with Crippen molar-refractivity contribution in [2.45, 2.75) is 11.7 Å². The number of carbonyl (C=O) groups excluding carboxylic acids is 1. The van der Waals surface area contributed by atoms with Gasteiger partial charge < -0.3 is 4.74 Å². The van der Waals surface area contributed by atoms with Gasteiger partial charge in [-0.3, -0.25) is 14.2 Å². The summed E-state index contributed by atoms with van der Waals surface area (Å²) in [4.78, 5) is 28.5. The number of aromatic nitrogens is 2. The maximum absolute atomic E-state index is 12.3. The number of esters is 1. The molecule has 0 saturated carbocycles. The Morgan fingerprint density at radius 3 is 3.16 bits per heavy atom. The first kappa shape index (κ1) is 13.8. The number of rotatable bonds is 5. The number of carbonyl (C=O) groups is 1. The lowest BCUT2D eigenvalue weighted by Gasteiger charge is -2.09. The predicted molar refractivity (Wildman–Crippen MR) is 76.8 cm³/mol. The molecule has 2 aromatic heterocycles. The van der Waals surface area contributed by atoms with Crippen LogP contribution in [0.15, 0.2) is 34.1 Å². The highest BCUT2D eigenvalue weighted by atomic mass is 32.2. The van der Waals surface area contributed by atoms with Crippen LogP contribution in [0.4, 0.5) is 0 Å². The molecule has 0 amide bonds. The minimum Gasteiger partial charge on any atom is -0.468 e. The Hall–Kier alpha value is -1.60. The molecule has 2 rings (SSSR count). The molecule has 5 nitrogen and oxygen atoms in total. The number of methoxy groups -OCH3 is 1. The molecule has 2 heterocycles. The monoisotopic (exact) mass is 296 g/mol. The third-order valence-electron chi connectivity index (χ3n) is 2.41. The Kier molecular flexibility index (Phi) is 4.39. The largest absolute Gasteiger partial charge is 0.468 e. The summed E-state index contributed by atoms with van der Waals surface area (Å²) < 4.78 is 6.09. The molecule has 0 aliphatic heterocycles. The number of nitrogens with zero attached hydrogens (tertiary/aromatic N) is 2. The Morgan fingerprint density at radius 2 is 2.47 bits per heavy atom. The Labute approximate surface area is 117 Å². The van der Waals surface area contributed by atoms with E-state index in [0.717, 1.165) is 0 Å². The summed E-state index contributed by atoms with van der Waals surface area (Å²) in [6, 6.07) is 1.75. The van der Waals surface area contributed by atoms with Crippen LogP contribution < -0.4 is 5.56 Å². The molecule has 0 aromatic carbocycles. The minimum absolute atomic E-state index is 0.112. The average Bonchev–Trinajstić information content (AvgIpc) is 2.88. The van der Waals surface area contributed by atoms with Crippen LogP contribution in [0, 0.1) is 0 Å². The summed E-state index contributed by atoms with van der Waals surface area (Å²) in [5.74, 6) is -0.229. The molecule has 19 heavy (non-hydrogen) atoms. The molecule has 0 N–H and O–H groups in total. The number of thioether (sulfide) groups is 1. The zero-order valence-electron chi connectivity index (χ0n) is 10.3. The molecular formula is C12H12N2O3S2. The van der Waals surface area contributed by atoms with Crippen LogP contribution in [0.3, 0.4) is 0 Å². The number of thiophene rings is 1. The first-order valence-electron chi connectivity index (χ1n) is 5.46. The summed E-state index contributed by atoms with van der Waals surface area (Å²) in [6.45, 7) is 3.99. The quantitative estimate of drug-likeness (QED) is 0.365. The topological polar surface area (TPSA) is 61.2 Å². The summed E-state index contributed by atoms with van der Waals surface area (Å²) in [7, 11) is 1.33. The molecule has 0 aliphatic rings. The molecule has 7 heteroatoms. The molecule has 100 valence electrons. The fraction of sp³-hybridized carbons (Fsp3) is 0.250. The van der Waals surface area contributed by atoms with Crippen LogP contribution in [0.25, 0.3) is 10.2 Å². The third-order valence-corrected chi connectivity index (χ3v) is 4.16. The van der Waals surface area contributed by atoms with Crippen molar-refractivity contribution in [3.05, 3.63) is 34.5 Å². The summed E-state index contributed by atoms with van der Waals surface area (Å²) >= 11 is 2.59. The predicted octanol–water partition coefficient (Wildman–Crippen LogP) is 1.91. The van der Waals surface area contributed by atoms with Crippen LogP contribution in [0.2, 0.25) is 0 Å². The second-order valence-corrected chi connectivity index (χ2v) is 5.44. The number of allylic oxidation sites excluding steroid dienone is 1. The van der Waals surface area contributed by atoms with Gasteiger partial charge in [0, 0.05) is 6.54 Å². The van der Waals surface area contributed by atoms with Crippen molar-refractivity contribution in [3.8, 4) is 0 Å². The Bertz CT molecular complexity index is 675. The fourth-order valence-corrected chi connectivity index (χ4v) is 3.16. The normalized spacial score (nSPS) is 10.6. The molecular weight excluding hydrogens is 284 g/mol. The van der Waals surface area contributed by atoms with Crippen molar-refractivity contribution in [2.24, 2.45) is 0 Å². The van der Waals surface area contributed by atoms with E-state index in [9.17, 15) is 9.59 Å². The summed E-state index contributed by atoms with van der Waals surface area (Å²) in [5, 5.41) is 2.92. The maximum Gasteiger partial charge on any atom is 0.316 e. The van der Waals surface area contributed by atoms with E-state index in [1.165, 1.54) is 34.8 Å². The lowest BCUT2D eigenvalue weighted by atomic mass is 10.4. The van der Waals surface area contributed by atoms with Gasteiger partial charge in [0.2, 0.25) is 0 Å². The van der Waals surface area contributed by atoms with Crippen molar-refractivity contribution >= 4 is 39.3 Å². The summed E-state index contributed by atoms with van der Waals surface area (Å²) in [6.07, 6.45) is 1.63. The van der Waals surface area contributed by atoms with Crippen LogP contribution in [0.5, 0.6) is 0 Å². The van der Waals surface area contributed by atoms with E-state index in [1.807, 2.05) is 5.38 Å². The standard InChI is InChI=1S/C12H12N2O3S2/c1-3-5-14-11(16)8-4-6-18-10(8)13-12(14)19-7-9(15)17-2/h3-4,6H,1,5,7H2,2H3. The molecule has 0 atom stereocenters. The van der Waals surface area contributed by atoms with Crippen LogP contribution in [0.1, 0.15) is 0 Å². The van der Waals surface area contributed by atoms with Crippen molar-refractivity contribution < 1.29 is 9.53 Å². The molecule has 0 spiro atoms. The van der Waals surface area contributed by atoms with Crippen LogP contribution in [-0.4, -0.2) is 28.4 Å². The van der Waals surface area contributed by atoms with E-state index < -0.39 is 0 Å². The van der Waals surface area contributed by atoms with Crippen molar-refractivity contribution in [1.82, 2.24) is 9.55 Å². The first-order valence-corrected chi connectivity index (χ1v) is 7.32. The van der Waals surface area contributed by atoms with Gasteiger partial charge in [-0.25, -0.2) is 4.98 Å². The number of fused-ring (bicyclic) bond motifs is 1. The third kappa shape index (κ3) is 2.87. The van der Waals surface area contributed by atoms with Gasteiger partial charge in [0.25, 0.3) is 5.56 Å². The van der Waals surface area contributed by atoms with Gasteiger partial charge in [0.15, 0.2) is 5.16 Å². The van der Waals surface area contributed by atoms with Gasteiger partial charge in [0.05, 0.1) is 18.2 Å². The van der Waals surface area contributed by atoms with Crippen molar-refractivity contribution in [1.29, 1.82) is 0 Å². The highest BCUT2D eigenvalue weighted by Gasteiger charge is 2.13. The Balaban J connectivity index is 2.44. The van der Waals surface area contributed by atoms with Gasteiger partial charge in [0.1, 0.15) is 4.83 Å². The smallest absolute Gasteiger partial charge is 0.316 e. The second kappa shape index (κ2) is 6.03. The first-order chi connectivity index (χ1) is 9.17. The molecule has 0 bridgehead atoms. The van der Waals surface area contributed by atoms with E-state index in [4.69, 9.17) is 0 Å². The van der Waals surface area contributed by atoms with Crippen molar-refractivity contribution in [2.75, 3.05) is 12.9 Å². The minimum atomic E-state index is -0.351. The number of hydrogen-bond acceptors (Lipinski definition) is 6. The van der Waals surface area contributed by atoms with Crippen molar-refractivity contribution in [3.63, 3.8) is 0 Å². The number of ether oxygens (including phenoxy) is 1. The fourth-order valence-electron chi connectivity index (χ4n) is 1.51. The van der Waals surface area contributed by atoms with E-state index in [1.54, 1.807) is 12.1 Å². The van der Waals surface area contributed by atoms with Crippen LogP contribution >= 0.6 is 23.1 Å². The number of hydrogen-bond donors (Lipinski definition) is 0. The molecule has 0 fully saturated rings. The zero-order chi connectivity index (χ0) is 13.8. The maximum atomic E-state index is 12.3. The molecule has 0 saturated heterocycles. The zero-order valence-corrected chi connectivity index (χ0v) is 11.9. The summed E-state index contributed by atoms with van der Waals surface area (Å²) in [5.41, 5.74) is -0.112. The SMILES string of the molecule is C=CCn1c(SCC(=O)OC)nc2sccc2c1=O. The van der Waals surface area contributed by atoms with Gasteiger partial charge in [-0.15, -0.1) is 17.9 Å². The molecule has 2 aromatic rings. The van der Waals surface area contributed by atoms with E-state index in [0.29, 0.717) is 21.9 Å². The van der Waals surface area contributed by atoms with Gasteiger partial charge >= 0.3 is 5.97 Å². The average molecular weight is 296 g/mol. The van der Waals surface area contributed by atoms with E-state index >= 15 is 0 Å². The van der Waals surface area contributed by atoms with E-state index in [-0.39, 0.29) is 17.3 Å². The second-order valence-electron chi connectivity index (χ2n) is 3.60. The van der Waals surface area contributed by atoms with Gasteiger partial charge in [-0.1, -0.05) is 17.8 Å². The van der Waals surface area contributed by atoms with Crippen LogP contribution in [-0.2, 0) is 16.1 Å². The molecule has 0 radical (unpaired) electrons. The van der Waals surface area contributed by atoms with Gasteiger partial charge in [-0.2, -0.15) is 0 Å². The molecule has 0 unspecified atom stereocenters. The van der Waals surface area contributed by atoms with E-state index in [2.05, 4.69) is 16.3 Å². The Morgan fingerprint density at radius 1 is 1.68 bits per heavy atom. The highest BCUT2D eigenvalue weighted by Crippen LogP contribution is 2.21. The lowest BCUT2D eigenvalue weighted by molar-refractivity contribution is -0.137. The highest BCUT2D eigenvalue weighted by molar-refractivity contribution is 7.99. The molecule has 0 aliphatic carbocycles. The lowest BCUT2D eigenvalue weighted by Crippen LogP contribution is -2.22. The van der Waals surface area contributed by atoms with Gasteiger partial charge in [-0.05, 0) is 11.4 Å².